The number of piperidine rings is 1. The van der Waals surface area contributed by atoms with Gasteiger partial charge in [0, 0.05) is 55.4 Å². The largest absolute Gasteiger partial charge is 0.446 e. The van der Waals surface area contributed by atoms with Crippen molar-refractivity contribution in [1.82, 2.24) is 24.8 Å². The Labute approximate surface area is 373 Å². The van der Waals surface area contributed by atoms with Crippen molar-refractivity contribution in [3.8, 4) is 0 Å². The number of nitrogens with zero attached hydrogens (tertiary/aromatic N) is 2. The maximum absolute atomic E-state index is 15.4. The topological polar surface area (TPSA) is 175 Å². The van der Waals surface area contributed by atoms with E-state index in [1.165, 1.54) is 6.07 Å². The molecule has 2 spiro atoms. The van der Waals surface area contributed by atoms with Gasteiger partial charge in [-0.05, 0) is 98.6 Å². The second-order valence-corrected chi connectivity index (χ2v) is 23.5. The van der Waals surface area contributed by atoms with Gasteiger partial charge >= 0.3 is 6.09 Å². The molecule has 0 bridgehead atoms. The van der Waals surface area contributed by atoms with Crippen molar-refractivity contribution in [2.75, 3.05) is 26.7 Å². The molecule has 6 aliphatic rings. The Morgan fingerprint density at radius 2 is 1.67 bits per heavy atom. The zero-order valence-corrected chi connectivity index (χ0v) is 39.0. The molecule has 344 valence electrons. The highest BCUT2D eigenvalue weighted by Crippen LogP contribution is 2.88. The number of carbonyl (C=O) groups is 5. The minimum absolute atomic E-state index is 0.00404. The van der Waals surface area contributed by atoms with Crippen molar-refractivity contribution >= 4 is 50.4 Å². The number of hydrogen-bond acceptors (Lipinski definition) is 9. The number of alkyl carbamates (subject to hydrolysis) is 1. The van der Waals surface area contributed by atoms with E-state index in [0.29, 0.717) is 23.9 Å². The molecule has 3 heterocycles. The summed E-state index contributed by atoms with van der Waals surface area (Å²) in [5, 5.41) is 3.67. The Bertz CT molecular complexity index is 2260. The molecule has 13 nitrogen and oxygen atoms in total. The van der Waals surface area contributed by atoms with E-state index in [4.69, 9.17) is 4.74 Å². The number of allylic oxidation sites excluding steroid dienone is 1. The Balaban J connectivity index is 1.05. The lowest BCUT2D eigenvalue weighted by atomic mass is 9.73. The number of aromatic amines is 1. The number of benzene rings is 1. The number of amides is 3. The SMILES string of the molecule is C=C[C@@H]1C[C@]1(CC(=O)[C@@H]1C[C@@]2(CN1C(=O)[C@@H](CC(=O)[C@@H](NC(=O)OC1CCN(C)CC1)C1CCCCC1)C(C)(C)C)C(C)(C)C21CCC1)C(=O)NS(=O)(=O)c1cccc2cc[nH]c12. The second kappa shape index (κ2) is 16.4. The predicted molar refractivity (Wildman–Crippen MR) is 240 cm³/mol. The van der Waals surface area contributed by atoms with Crippen LogP contribution in [0.5, 0.6) is 0 Å². The van der Waals surface area contributed by atoms with Crippen LogP contribution in [0.1, 0.15) is 125 Å². The molecule has 4 saturated carbocycles. The molecule has 2 aliphatic heterocycles. The zero-order chi connectivity index (χ0) is 45.3. The number of Topliss-reactive ketones (excluding diaryl/α,β-unsaturated/α-hetero) is 2. The van der Waals surface area contributed by atoms with Crippen LogP contribution in [0.3, 0.4) is 0 Å². The van der Waals surface area contributed by atoms with Gasteiger partial charge in [-0.1, -0.05) is 78.5 Å². The molecule has 14 heteroatoms. The van der Waals surface area contributed by atoms with Gasteiger partial charge in [-0.2, -0.15) is 0 Å². The van der Waals surface area contributed by atoms with Crippen LogP contribution in [0.15, 0.2) is 48.0 Å². The minimum Gasteiger partial charge on any atom is -0.446 e. The Kier molecular flexibility index (Phi) is 11.9. The molecular weight excluding hydrogens is 819 g/mol. The number of H-pyrrole nitrogens is 1. The Morgan fingerprint density at radius 3 is 2.27 bits per heavy atom. The summed E-state index contributed by atoms with van der Waals surface area (Å²) in [5.41, 5.74) is -2.09. The summed E-state index contributed by atoms with van der Waals surface area (Å²) >= 11 is 0. The summed E-state index contributed by atoms with van der Waals surface area (Å²) in [6, 6.07) is 4.93. The number of aromatic nitrogens is 1. The fourth-order valence-electron chi connectivity index (χ4n) is 12.9. The van der Waals surface area contributed by atoms with E-state index >= 15 is 9.59 Å². The van der Waals surface area contributed by atoms with Crippen molar-refractivity contribution in [2.45, 2.75) is 148 Å². The summed E-state index contributed by atoms with van der Waals surface area (Å²) in [5.74, 6) is -2.80. The van der Waals surface area contributed by atoms with E-state index in [1.54, 1.807) is 35.4 Å². The fourth-order valence-corrected chi connectivity index (χ4v) is 14.2. The van der Waals surface area contributed by atoms with Crippen LogP contribution in [-0.2, 0) is 33.9 Å². The van der Waals surface area contributed by atoms with E-state index in [2.05, 4.69) is 40.3 Å². The quantitative estimate of drug-likeness (QED) is 0.164. The van der Waals surface area contributed by atoms with Gasteiger partial charge in [-0.15, -0.1) is 6.58 Å². The summed E-state index contributed by atoms with van der Waals surface area (Å²) in [6.07, 6.45) is 11.9. The lowest BCUT2D eigenvalue weighted by Crippen LogP contribution is -2.51. The van der Waals surface area contributed by atoms with E-state index in [1.807, 2.05) is 27.8 Å². The van der Waals surface area contributed by atoms with Crippen molar-refractivity contribution in [3.05, 3.63) is 43.1 Å². The number of fused-ring (bicyclic) bond motifs is 2. The minimum atomic E-state index is -4.33. The van der Waals surface area contributed by atoms with Gasteiger partial charge in [-0.3, -0.25) is 19.2 Å². The highest BCUT2D eigenvalue weighted by atomic mass is 32.2. The zero-order valence-electron chi connectivity index (χ0n) is 38.2. The number of para-hydroxylation sites is 1. The van der Waals surface area contributed by atoms with E-state index in [9.17, 15) is 22.8 Å². The second-order valence-electron chi connectivity index (χ2n) is 21.8. The molecule has 4 aliphatic carbocycles. The van der Waals surface area contributed by atoms with Crippen LogP contribution in [0.2, 0.25) is 0 Å². The molecule has 8 rings (SSSR count). The first kappa shape index (κ1) is 45.5. The molecular formula is C49H69N5O8S. The first-order valence-corrected chi connectivity index (χ1v) is 25.0. The number of sulfonamides is 1. The first-order chi connectivity index (χ1) is 29.7. The van der Waals surface area contributed by atoms with Gasteiger partial charge in [0.1, 0.15) is 11.0 Å². The summed E-state index contributed by atoms with van der Waals surface area (Å²) < 4.78 is 35.7. The van der Waals surface area contributed by atoms with Gasteiger partial charge < -0.3 is 24.8 Å². The summed E-state index contributed by atoms with van der Waals surface area (Å²) in [6.45, 7) is 16.3. The number of ketones is 2. The molecule has 3 N–H and O–H groups in total. The van der Waals surface area contributed by atoms with Crippen LogP contribution >= 0.6 is 0 Å². The first-order valence-electron chi connectivity index (χ1n) is 23.5. The molecule has 1 aromatic heterocycles. The van der Waals surface area contributed by atoms with E-state index in [-0.39, 0.29) is 69.9 Å². The van der Waals surface area contributed by atoms with Crippen molar-refractivity contribution in [2.24, 2.45) is 44.8 Å². The highest BCUT2D eigenvalue weighted by molar-refractivity contribution is 7.90. The van der Waals surface area contributed by atoms with Crippen LogP contribution in [0.25, 0.3) is 10.9 Å². The molecule has 3 amide bonds. The van der Waals surface area contributed by atoms with Crippen molar-refractivity contribution in [1.29, 1.82) is 0 Å². The van der Waals surface area contributed by atoms with E-state index < -0.39 is 56.8 Å². The molecule has 6 fully saturated rings. The van der Waals surface area contributed by atoms with Gasteiger partial charge in [0.05, 0.1) is 23.0 Å². The van der Waals surface area contributed by atoms with Crippen LogP contribution in [0, 0.1) is 44.8 Å². The van der Waals surface area contributed by atoms with Gasteiger partial charge in [-0.25, -0.2) is 17.9 Å². The number of likely N-dealkylation sites (tertiary alicyclic amines) is 2. The normalized spacial score (nSPS) is 29.1. The molecule has 1 aromatic carbocycles. The average Bonchev–Trinajstić information content (AvgIpc) is 3.73. The monoisotopic (exact) mass is 887 g/mol. The maximum Gasteiger partial charge on any atom is 0.408 e. The molecule has 0 unspecified atom stereocenters. The average molecular weight is 888 g/mol. The van der Waals surface area contributed by atoms with Gasteiger partial charge in [0.15, 0.2) is 11.6 Å². The van der Waals surface area contributed by atoms with Gasteiger partial charge in [0.2, 0.25) is 11.8 Å². The smallest absolute Gasteiger partial charge is 0.408 e. The summed E-state index contributed by atoms with van der Waals surface area (Å²) in [7, 11) is -2.28. The highest BCUT2D eigenvalue weighted by Gasteiger charge is 2.85. The Morgan fingerprint density at radius 1 is 0.968 bits per heavy atom. The number of carbonyl (C=O) groups excluding carboxylic acids is 5. The van der Waals surface area contributed by atoms with Crippen molar-refractivity contribution in [3.63, 3.8) is 0 Å². The number of nitrogens with one attached hydrogen (secondary N) is 3. The lowest BCUT2D eigenvalue weighted by molar-refractivity contribution is -0.146. The van der Waals surface area contributed by atoms with Crippen molar-refractivity contribution < 1.29 is 37.1 Å². The third-order valence-electron chi connectivity index (χ3n) is 17.3. The molecule has 2 aromatic rings. The predicted octanol–water partition coefficient (Wildman–Crippen LogP) is 7.31. The van der Waals surface area contributed by atoms with Crippen LogP contribution < -0.4 is 10.0 Å². The fraction of sp³-hybridized carbons (Fsp3) is 0.694. The summed E-state index contributed by atoms with van der Waals surface area (Å²) in [4.78, 5) is 79.6. The van der Waals surface area contributed by atoms with Crippen LogP contribution in [-0.4, -0.2) is 97.5 Å². The number of hydrogen-bond donors (Lipinski definition) is 3. The number of rotatable bonds is 14. The lowest BCUT2D eigenvalue weighted by Gasteiger charge is -2.37. The van der Waals surface area contributed by atoms with Crippen LogP contribution in [0.4, 0.5) is 4.79 Å². The van der Waals surface area contributed by atoms with E-state index in [0.717, 1.165) is 77.3 Å². The molecule has 0 radical (unpaired) electrons. The third-order valence-corrected chi connectivity index (χ3v) is 18.7. The number of ether oxygens (including phenoxy) is 1. The molecule has 63 heavy (non-hydrogen) atoms. The van der Waals surface area contributed by atoms with Gasteiger partial charge in [0.25, 0.3) is 10.0 Å². The Hall–Kier alpha value is -4.04. The standard InChI is InChI=1S/C49H69N5O8S/c1-8-33-27-47(33,43(58)52-63(60,61)39-17-12-16-32-18-23-50-41(32)39)29-38(56)36-28-49(46(5,6)48(49)21-13-22-48)30-54(36)42(57)35(45(2,3)4)26-37(55)40(31-14-10-9-11-15-31)51-44(59)62-34-19-24-53(7)25-20-34/h8,12,16-18,23,31,33-36,40,50H,1,9-11,13-15,19-22,24-30H2,2-7H3,(H,51,59)(H,52,58)/t33-,35-,36+,40+,47-,49-/m1/s1. The maximum atomic E-state index is 15.4. The molecule has 2 saturated heterocycles. The molecule has 6 atom stereocenters. The third kappa shape index (κ3) is 7.86.